The summed E-state index contributed by atoms with van der Waals surface area (Å²) in [5.41, 5.74) is 1.77. The topological polar surface area (TPSA) is 141 Å². The van der Waals surface area contributed by atoms with E-state index in [0.717, 1.165) is 37.6 Å². The number of benzene rings is 3. The Kier molecular flexibility index (Phi) is 12.4. The lowest BCUT2D eigenvalue weighted by molar-refractivity contribution is -0.138. The molecule has 49 heavy (non-hydrogen) atoms. The number of aromatic nitrogens is 1. The lowest BCUT2D eigenvalue weighted by atomic mass is 10.0. The van der Waals surface area contributed by atoms with Gasteiger partial charge in [0.15, 0.2) is 0 Å². The normalized spacial score (nSPS) is 14.2. The van der Waals surface area contributed by atoms with E-state index in [1.807, 2.05) is 18.2 Å². The number of carbonyl (C=O) groups excluding carboxylic acids is 3. The van der Waals surface area contributed by atoms with Crippen molar-refractivity contribution in [2.45, 2.75) is 23.9 Å². The van der Waals surface area contributed by atoms with Gasteiger partial charge in [-0.25, -0.2) is 18.1 Å². The molecule has 3 aromatic carbocycles. The Labute approximate surface area is 295 Å². The predicted octanol–water partition coefficient (Wildman–Crippen LogP) is 3.72. The van der Waals surface area contributed by atoms with Crippen LogP contribution < -0.4 is 20.3 Å². The molecular formula is C35H36Cl2N6O5S. The smallest absolute Gasteiger partial charge is 0.289 e. The van der Waals surface area contributed by atoms with Gasteiger partial charge >= 0.3 is 0 Å². The second kappa shape index (κ2) is 16.9. The molecule has 0 unspecified atom stereocenters. The van der Waals surface area contributed by atoms with Gasteiger partial charge in [0.2, 0.25) is 15.8 Å². The molecule has 1 atom stereocenters. The van der Waals surface area contributed by atoms with Crippen LogP contribution in [0.2, 0.25) is 10.0 Å². The van der Waals surface area contributed by atoms with E-state index in [-0.39, 0.29) is 40.0 Å². The number of pyridine rings is 1. The summed E-state index contributed by atoms with van der Waals surface area (Å²) in [4.78, 5) is 48.1. The van der Waals surface area contributed by atoms with Crippen LogP contribution in [0.4, 0.5) is 5.82 Å². The number of Topliss-reactive ketones (excluding diaryl/α,β-unsaturated/α-hetero) is 1. The number of ketones is 1. The van der Waals surface area contributed by atoms with Gasteiger partial charge < -0.3 is 15.5 Å². The van der Waals surface area contributed by atoms with Crippen molar-refractivity contribution < 1.29 is 22.8 Å². The lowest BCUT2D eigenvalue weighted by Gasteiger charge is -2.35. The van der Waals surface area contributed by atoms with Crippen LogP contribution in [-0.4, -0.2) is 81.2 Å². The zero-order valence-electron chi connectivity index (χ0n) is 26.5. The van der Waals surface area contributed by atoms with E-state index < -0.39 is 33.7 Å². The third-order valence-electron chi connectivity index (χ3n) is 7.99. The van der Waals surface area contributed by atoms with Crippen LogP contribution in [0, 0.1) is 0 Å². The first-order chi connectivity index (χ1) is 23.6. The third-order valence-corrected chi connectivity index (χ3v) is 10.0. The molecule has 1 aliphatic heterocycles. The van der Waals surface area contributed by atoms with Crippen LogP contribution in [-0.2, 0) is 32.6 Å². The number of rotatable bonds is 14. The van der Waals surface area contributed by atoms with Gasteiger partial charge in [-0.1, -0.05) is 71.7 Å². The fraction of sp³-hybridized carbons (Fsp3) is 0.257. The van der Waals surface area contributed by atoms with Crippen LogP contribution in [0.3, 0.4) is 0 Å². The average Bonchev–Trinajstić information content (AvgIpc) is 3.12. The van der Waals surface area contributed by atoms with Crippen molar-refractivity contribution in [2.24, 2.45) is 0 Å². The van der Waals surface area contributed by atoms with Crippen molar-refractivity contribution >= 4 is 56.6 Å². The second-order valence-electron chi connectivity index (χ2n) is 11.5. The third kappa shape index (κ3) is 10.1. The molecule has 1 aliphatic rings. The van der Waals surface area contributed by atoms with Gasteiger partial charge in [-0.3, -0.25) is 19.3 Å². The number of anilines is 1. The van der Waals surface area contributed by atoms with Crippen molar-refractivity contribution in [1.29, 1.82) is 0 Å². The number of halogens is 2. The van der Waals surface area contributed by atoms with Crippen LogP contribution in [0.1, 0.15) is 21.5 Å². The number of sulfonamides is 1. The van der Waals surface area contributed by atoms with E-state index in [4.69, 9.17) is 23.2 Å². The number of piperazine rings is 1. The molecule has 1 fully saturated rings. The maximum Gasteiger partial charge on any atom is 0.289 e. The largest absolute Gasteiger partial charge is 0.354 e. The van der Waals surface area contributed by atoms with Gasteiger partial charge in [-0.2, -0.15) is 0 Å². The minimum absolute atomic E-state index is 0.0427. The highest BCUT2D eigenvalue weighted by molar-refractivity contribution is 7.89. The Morgan fingerprint density at radius 2 is 1.53 bits per heavy atom. The van der Waals surface area contributed by atoms with Gasteiger partial charge in [0.1, 0.15) is 11.9 Å². The first kappa shape index (κ1) is 36.0. The Hall–Kier alpha value is -4.33. The molecule has 5 rings (SSSR count). The number of nitrogens with zero attached hydrogens (tertiary/aromatic N) is 3. The second-order valence-corrected chi connectivity index (χ2v) is 14.1. The Balaban J connectivity index is 1.10. The highest BCUT2D eigenvalue weighted by Gasteiger charge is 2.28. The quantitative estimate of drug-likeness (QED) is 0.132. The van der Waals surface area contributed by atoms with Crippen molar-refractivity contribution in [3.63, 3.8) is 0 Å². The van der Waals surface area contributed by atoms with E-state index in [9.17, 15) is 22.8 Å². The number of nitrogens with one attached hydrogen (secondary N) is 3. The molecule has 0 radical (unpaired) electrons. The molecule has 14 heteroatoms. The molecule has 256 valence electrons. The maximum absolute atomic E-state index is 13.2. The summed E-state index contributed by atoms with van der Waals surface area (Å²) in [7, 11) is -3.87. The fourth-order valence-electron chi connectivity index (χ4n) is 5.36. The molecule has 2 heterocycles. The Bertz CT molecular complexity index is 1860. The fourth-order valence-corrected chi connectivity index (χ4v) is 6.77. The minimum atomic E-state index is -3.87. The van der Waals surface area contributed by atoms with E-state index in [1.165, 1.54) is 18.2 Å². The number of hydrogen-bond acceptors (Lipinski definition) is 8. The molecule has 0 aliphatic carbocycles. The average molecular weight is 724 g/mol. The maximum atomic E-state index is 13.2. The van der Waals surface area contributed by atoms with Crippen molar-refractivity contribution in [2.75, 3.05) is 44.2 Å². The zero-order chi connectivity index (χ0) is 34.8. The highest BCUT2D eigenvalue weighted by atomic mass is 35.5. The monoisotopic (exact) mass is 722 g/mol. The van der Waals surface area contributed by atoms with Crippen molar-refractivity contribution in [1.82, 2.24) is 25.2 Å². The summed E-state index contributed by atoms with van der Waals surface area (Å²) < 4.78 is 28.3. The van der Waals surface area contributed by atoms with Gasteiger partial charge in [-0.15, -0.1) is 0 Å². The molecule has 0 bridgehead atoms. The summed E-state index contributed by atoms with van der Waals surface area (Å²) in [6, 6.07) is 24.6. The summed E-state index contributed by atoms with van der Waals surface area (Å²) in [6.07, 6.45) is 1.83. The number of amides is 2. The highest BCUT2D eigenvalue weighted by Crippen LogP contribution is 2.21. The van der Waals surface area contributed by atoms with Crippen molar-refractivity contribution in [3.8, 4) is 0 Å². The van der Waals surface area contributed by atoms with Crippen LogP contribution in [0.25, 0.3) is 0 Å². The molecule has 0 saturated carbocycles. The standard InChI is InChI=1S/C35H36Cl2N6O5S/c36-27-11-14-30(37)29(23-27)34(45)41-31(22-25-6-2-1-3-7-25)33(44)35(46)39-16-17-40-49(47,48)28-12-9-26(10-13-28)24-42-18-20-43(21-19-42)32-8-4-5-15-38-32/h1-15,23,31,40H,16-22,24H2,(H,39,46)(H,41,45)/t31-/m0/s1. The molecule has 4 aromatic rings. The first-order valence-electron chi connectivity index (χ1n) is 15.7. The van der Waals surface area contributed by atoms with E-state index in [2.05, 4.69) is 30.1 Å². The zero-order valence-corrected chi connectivity index (χ0v) is 28.8. The van der Waals surface area contributed by atoms with Crippen LogP contribution in [0.15, 0.2) is 102 Å². The minimum Gasteiger partial charge on any atom is -0.354 e. The van der Waals surface area contributed by atoms with Gasteiger partial charge in [0.25, 0.3) is 11.8 Å². The molecule has 2 amide bonds. The molecule has 11 nitrogen and oxygen atoms in total. The van der Waals surface area contributed by atoms with Gasteiger partial charge in [-0.05, 0) is 53.6 Å². The van der Waals surface area contributed by atoms with Crippen LogP contribution in [0.5, 0.6) is 0 Å². The summed E-state index contributed by atoms with van der Waals surface area (Å²) >= 11 is 12.2. The molecular weight excluding hydrogens is 687 g/mol. The molecule has 1 aromatic heterocycles. The van der Waals surface area contributed by atoms with Crippen molar-refractivity contribution in [3.05, 3.63) is 124 Å². The van der Waals surface area contributed by atoms with Crippen LogP contribution >= 0.6 is 23.2 Å². The van der Waals surface area contributed by atoms with E-state index >= 15 is 0 Å². The summed E-state index contributed by atoms with van der Waals surface area (Å²) in [5, 5.41) is 5.46. The Morgan fingerprint density at radius 3 is 2.22 bits per heavy atom. The van der Waals surface area contributed by atoms with E-state index in [0.29, 0.717) is 12.1 Å². The van der Waals surface area contributed by atoms with Gasteiger partial charge in [0, 0.05) is 63.5 Å². The lowest BCUT2D eigenvalue weighted by Crippen LogP contribution is -2.49. The molecule has 0 spiro atoms. The summed E-state index contributed by atoms with van der Waals surface area (Å²) in [6.45, 7) is 3.83. The SMILES string of the molecule is O=C(NCCNS(=O)(=O)c1ccc(CN2CCN(c3ccccn3)CC2)cc1)C(=O)[C@H](Cc1ccccc1)NC(=O)c1cc(Cl)ccc1Cl. The number of carbonyl (C=O) groups is 3. The first-order valence-corrected chi connectivity index (χ1v) is 17.9. The molecule has 3 N–H and O–H groups in total. The number of hydrogen-bond donors (Lipinski definition) is 3. The Morgan fingerprint density at radius 1 is 0.816 bits per heavy atom. The van der Waals surface area contributed by atoms with E-state index in [1.54, 1.807) is 60.8 Å². The van der Waals surface area contributed by atoms with Gasteiger partial charge in [0.05, 0.1) is 15.5 Å². The predicted molar refractivity (Wildman–Crippen MR) is 189 cm³/mol. The molecule has 1 saturated heterocycles. The summed E-state index contributed by atoms with van der Waals surface area (Å²) in [5.74, 6) is -1.57.